The van der Waals surface area contributed by atoms with Crippen LogP contribution in [0.3, 0.4) is 0 Å². The van der Waals surface area contributed by atoms with Gasteiger partial charge in [-0.15, -0.1) is 0 Å². The molecule has 0 bridgehead atoms. The molecule has 0 spiro atoms. The summed E-state index contributed by atoms with van der Waals surface area (Å²) in [7, 11) is 0. The molecule has 1 aromatic carbocycles. The molecule has 0 atom stereocenters. The number of benzene rings is 1. The van der Waals surface area contributed by atoms with Gasteiger partial charge in [-0.3, -0.25) is 0 Å². The van der Waals surface area contributed by atoms with Crippen molar-refractivity contribution < 1.29 is 0 Å². The minimum absolute atomic E-state index is 0.658. The molecule has 2 aromatic rings. The lowest BCUT2D eigenvalue weighted by Gasteiger charge is -1.94. The Balaban J connectivity index is 2.01. The number of hydrogen-bond acceptors (Lipinski definition) is 3. The second-order valence-electron chi connectivity index (χ2n) is 3.55. The van der Waals surface area contributed by atoms with Crippen LogP contribution in [-0.2, 0) is 0 Å². The van der Waals surface area contributed by atoms with E-state index in [2.05, 4.69) is 10.3 Å². The van der Waals surface area contributed by atoms with E-state index in [1.54, 1.807) is 11.3 Å². The highest BCUT2D eigenvalue weighted by Crippen LogP contribution is 2.31. The summed E-state index contributed by atoms with van der Waals surface area (Å²) in [5.74, 6) is 0. The van der Waals surface area contributed by atoms with E-state index in [9.17, 15) is 0 Å². The minimum Gasteiger partial charge on any atom is -0.359 e. The normalized spacial score (nSPS) is 16.1. The molecule has 2 nitrogen and oxygen atoms in total. The Kier molecular flexibility index (Phi) is 1.89. The molecule has 72 valence electrons. The SMILES string of the molecule is Clc1ccc2nc(NC3CC3)sc2c1. The summed E-state index contributed by atoms with van der Waals surface area (Å²) in [5, 5.41) is 5.18. The van der Waals surface area contributed by atoms with Crippen molar-refractivity contribution in [2.24, 2.45) is 0 Å². The Labute approximate surface area is 90.9 Å². The smallest absolute Gasteiger partial charge is 0.184 e. The maximum Gasteiger partial charge on any atom is 0.184 e. The molecule has 1 aromatic heterocycles. The minimum atomic E-state index is 0.658. The van der Waals surface area contributed by atoms with E-state index in [1.165, 1.54) is 12.8 Å². The molecule has 0 unspecified atom stereocenters. The van der Waals surface area contributed by atoms with E-state index >= 15 is 0 Å². The number of nitrogens with one attached hydrogen (secondary N) is 1. The van der Waals surface area contributed by atoms with E-state index in [0.29, 0.717) is 6.04 Å². The van der Waals surface area contributed by atoms with Crippen molar-refractivity contribution in [1.82, 2.24) is 4.98 Å². The molecule has 0 radical (unpaired) electrons. The molecule has 14 heavy (non-hydrogen) atoms. The van der Waals surface area contributed by atoms with Crippen molar-refractivity contribution in [2.75, 3.05) is 5.32 Å². The lowest BCUT2D eigenvalue weighted by molar-refractivity contribution is 1.14. The van der Waals surface area contributed by atoms with Crippen LogP contribution in [0.2, 0.25) is 5.02 Å². The zero-order valence-electron chi connectivity index (χ0n) is 7.46. The first-order valence-corrected chi connectivity index (χ1v) is 5.83. The molecular weight excluding hydrogens is 216 g/mol. The highest BCUT2D eigenvalue weighted by molar-refractivity contribution is 7.22. The number of aromatic nitrogens is 1. The summed E-state index contributed by atoms with van der Waals surface area (Å²) < 4.78 is 1.15. The van der Waals surface area contributed by atoms with Crippen LogP contribution >= 0.6 is 22.9 Å². The number of nitrogens with zero attached hydrogens (tertiary/aromatic N) is 1. The summed E-state index contributed by atoms with van der Waals surface area (Å²) >= 11 is 7.58. The monoisotopic (exact) mass is 224 g/mol. The van der Waals surface area contributed by atoms with E-state index < -0.39 is 0 Å². The molecule has 0 aliphatic heterocycles. The van der Waals surface area contributed by atoms with Gasteiger partial charge in [0.15, 0.2) is 5.13 Å². The van der Waals surface area contributed by atoms with Gasteiger partial charge >= 0.3 is 0 Å². The Bertz CT molecular complexity index is 476. The molecule has 1 saturated carbocycles. The molecule has 1 fully saturated rings. The molecule has 4 heteroatoms. The molecule has 1 N–H and O–H groups in total. The van der Waals surface area contributed by atoms with Crippen LogP contribution < -0.4 is 5.32 Å². The van der Waals surface area contributed by atoms with E-state index in [4.69, 9.17) is 11.6 Å². The number of fused-ring (bicyclic) bond motifs is 1. The van der Waals surface area contributed by atoms with E-state index in [-0.39, 0.29) is 0 Å². The number of hydrogen-bond donors (Lipinski definition) is 1. The topological polar surface area (TPSA) is 24.9 Å². The van der Waals surface area contributed by atoms with Crippen LogP contribution in [0.15, 0.2) is 18.2 Å². The van der Waals surface area contributed by atoms with Crippen LogP contribution in [0.1, 0.15) is 12.8 Å². The fourth-order valence-electron chi connectivity index (χ4n) is 1.36. The lowest BCUT2D eigenvalue weighted by Crippen LogP contribution is -1.99. The Morgan fingerprint density at radius 3 is 3.07 bits per heavy atom. The summed E-state index contributed by atoms with van der Waals surface area (Å²) in [6, 6.07) is 6.47. The summed E-state index contributed by atoms with van der Waals surface area (Å²) in [4.78, 5) is 4.48. The first-order valence-electron chi connectivity index (χ1n) is 4.64. The molecule has 3 rings (SSSR count). The highest BCUT2D eigenvalue weighted by atomic mass is 35.5. The lowest BCUT2D eigenvalue weighted by atomic mass is 10.3. The van der Waals surface area contributed by atoms with Crippen molar-refractivity contribution in [3.8, 4) is 0 Å². The average molecular weight is 225 g/mol. The van der Waals surface area contributed by atoms with Crippen LogP contribution in [0.25, 0.3) is 10.2 Å². The third-order valence-corrected chi connectivity index (χ3v) is 3.44. The van der Waals surface area contributed by atoms with Gasteiger partial charge in [0.05, 0.1) is 10.2 Å². The van der Waals surface area contributed by atoms with Crippen molar-refractivity contribution in [3.63, 3.8) is 0 Å². The number of thiazole rings is 1. The zero-order chi connectivity index (χ0) is 9.54. The fraction of sp³-hybridized carbons (Fsp3) is 0.300. The van der Waals surface area contributed by atoms with Crippen LogP contribution in [0.4, 0.5) is 5.13 Å². The summed E-state index contributed by atoms with van der Waals surface area (Å²) in [6.45, 7) is 0. The number of rotatable bonds is 2. The van der Waals surface area contributed by atoms with Gasteiger partial charge in [-0.25, -0.2) is 4.98 Å². The largest absolute Gasteiger partial charge is 0.359 e. The predicted molar refractivity (Wildman–Crippen MR) is 61.3 cm³/mol. The van der Waals surface area contributed by atoms with Gasteiger partial charge in [0, 0.05) is 11.1 Å². The van der Waals surface area contributed by atoms with Gasteiger partial charge in [-0.1, -0.05) is 22.9 Å². The third kappa shape index (κ3) is 1.57. The van der Waals surface area contributed by atoms with Gasteiger partial charge in [0.2, 0.25) is 0 Å². The second-order valence-corrected chi connectivity index (χ2v) is 5.02. The average Bonchev–Trinajstić information content (AvgIpc) is 2.84. The van der Waals surface area contributed by atoms with Crippen molar-refractivity contribution >= 4 is 38.3 Å². The van der Waals surface area contributed by atoms with Crippen LogP contribution in [0, 0.1) is 0 Å². The molecule has 1 heterocycles. The molecule has 1 aliphatic rings. The first-order chi connectivity index (χ1) is 6.81. The Morgan fingerprint density at radius 2 is 2.29 bits per heavy atom. The second kappa shape index (κ2) is 3.11. The maximum atomic E-state index is 5.90. The number of anilines is 1. The quantitative estimate of drug-likeness (QED) is 0.844. The highest BCUT2D eigenvalue weighted by Gasteiger charge is 2.22. The summed E-state index contributed by atoms with van der Waals surface area (Å²) in [6.07, 6.45) is 2.55. The Morgan fingerprint density at radius 1 is 1.43 bits per heavy atom. The Hall–Kier alpha value is -0.800. The van der Waals surface area contributed by atoms with Crippen molar-refractivity contribution in [2.45, 2.75) is 18.9 Å². The van der Waals surface area contributed by atoms with Gasteiger partial charge in [0.1, 0.15) is 0 Å². The van der Waals surface area contributed by atoms with Crippen LogP contribution in [0.5, 0.6) is 0 Å². The maximum absolute atomic E-state index is 5.90. The van der Waals surface area contributed by atoms with Gasteiger partial charge < -0.3 is 5.32 Å². The zero-order valence-corrected chi connectivity index (χ0v) is 9.03. The third-order valence-electron chi connectivity index (χ3n) is 2.26. The van der Waals surface area contributed by atoms with Gasteiger partial charge in [-0.2, -0.15) is 0 Å². The first kappa shape index (κ1) is 8.50. The van der Waals surface area contributed by atoms with E-state index in [0.717, 1.165) is 20.4 Å². The predicted octanol–water partition coefficient (Wildman–Crippen LogP) is 3.52. The summed E-state index contributed by atoms with van der Waals surface area (Å²) in [5.41, 5.74) is 1.03. The molecule has 0 saturated heterocycles. The standard InChI is InChI=1S/C10H9ClN2S/c11-6-1-4-8-9(5-6)14-10(13-8)12-7-2-3-7/h1,4-5,7H,2-3H2,(H,12,13). The van der Waals surface area contributed by atoms with Gasteiger partial charge in [0.25, 0.3) is 0 Å². The molecule has 1 aliphatic carbocycles. The van der Waals surface area contributed by atoms with E-state index in [1.807, 2.05) is 18.2 Å². The molecular formula is C10H9ClN2S. The molecule has 0 amide bonds. The van der Waals surface area contributed by atoms with Crippen molar-refractivity contribution in [3.05, 3.63) is 23.2 Å². The van der Waals surface area contributed by atoms with Gasteiger partial charge in [-0.05, 0) is 31.0 Å². The fourth-order valence-corrected chi connectivity index (χ4v) is 2.58. The van der Waals surface area contributed by atoms with Crippen LogP contribution in [-0.4, -0.2) is 11.0 Å². The van der Waals surface area contributed by atoms with Crippen molar-refractivity contribution in [1.29, 1.82) is 0 Å². The number of halogens is 1.